The van der Waals surface area contributed by atoms with Crippen LogP contribution in [0.5, 0.6) is 0 Å². The van der Waals surface area contributed by atoms with E-state index >= 15 is 0 Å². The molecule has 0 heterocycles. The number of carbonyl (C=O) groups excluding carboxylic acids is 4. The highest BCUT2D eigenvalue weighted by atomic mass is 16.5. The van der Waals surface area contributed by atoms with Crippen molar-refractivity contribution in [3.05, 3.63) is 0 Å². The van der Waals surface area contributed by atoms with Gasteiger partial charge in [-0.2, -0.15) is 0 Å². The second-order valence-electron chi connectivity index (χ2n) is 20.2. The first-order valence-electron chi connectivity index (χ1n) is 29.9. The lowest BCUT2D eigenvalue weighted by molar-refractivity contribution is -0.146. The van der Waals surface area contributed by atoms with Crippen LogP contribution in [0.4, 0.5) is 0 Å². The van der Waals surface area contributed by atoms with E-state index in [0.717, 1.165) is 116 Å². The van der Waals surface area contributed by atoms with Gasteiger partial charge in [0.05, 0.1) is 26.4 Å². The van der Waals surface area contributed by atoms with Crippen LogP contribution in [0.3, 0.4) is 0 Å². The summed E-state index contributed by atoms with van der Waals surface area (Å²) in [7, 11) is 0. The van der Waals surface area contributed by atoms with Crippen LogP contribution < -0.4 is 0 Å². The highest BCUT2D eigenvalue weighted by molar-refractivity contribution is 5.70. The Morgan fingerprint density at radius 3 is 0.735 bits per heavy atom. The van der Waals surface area contributed by atoms with Crippen LogP contribution in [0.15, 0.2) is 0 Å². The second-order valence-corrected chi connectivity index (χ2v) is 20.2. The van der Waals surface area contributed by atoms with Gasteiger partial charge in [-0.25, -0.2) is 0 Å². The van der Waals surface area contributed by atoms with Crippen molar-refractivity contribution in [1.29, 1.82) is 0 Å². The molecular weight excluding hydrogens is 849 g/mol. The molecular formula is C60H116O8. The number of rotatable bonds is 52. The molecule has 0 aromatic rings. The third kappa shape index (κ3) is 54.8. The van der Waals surface area contributed by atoms with Gasteiger partial charge < -0.3 is 18.9 Å². The molecule has 68 heavy (non-hydrogen) atoms. The first-order chi connectivity index (χ1) is 33.3. The van der Waals surface area contributed by atoms with Crippen LogP contribution in [0.25, 0.3) is 0 Å². The third-order valence-corrected chi connectivity index (χ3v) is 13.6. The summed E-state index contributed by atoms with van der Waals surface area (Å²) in [5, 5.41) is 0. The Hall–Kier alpha value is -2.12. The van der Waals surface area contributed by atoms with E-state index in [1.165, 1.54) is 141 Å². The van der Waals surface area contributed by atoms with Crippen molar-refractivity contribution in [2.75, 3.05) is 26.4 Å². The summed E-state index contributed by atoms with van der Waals surface area (Å²) in [5.74, 6) is 0.876. The minimum atomic E-state index is -0.0444. The molecule has 0 saturated heterocycles. The van der Waals surface area contributed by atoms with Gasteiger partial charge in [0.25, 0.3) is 0 Å². The predicted octanol–water partition coefficient (Wildman–Crippen LogP) is 18.7. The normalized spacial score (nSPS) is 12.0. The summed E-state index contributed by atoms with van der Waals surface area (Å²) in [6.07, 6.45) is 49.8. The van der Waals surface area contributed by atoms with E-state index in [4.69, 9.17) is 18.9 Å². The maximum atomic E-state index is 11.9. The second kappa shape index (κ2) is 57.5. The van der Waals surface area contributed by atoms with Gasteiger partial charge in [0, 0.05) is 25.7 Å². The molecule has 8 nitrogen and oxygen atoms in total. The Balaban J connectivity index is 0. The van der Waals surface area contributed by atoms with Gasteiger partial charge in [0.2, 0.25) is 0 Å². The minimum Gasteiger partial charge on any atom is -0.466 e. The smallest absolute Gasteiger partial charge is 0.305 e. The van der Waals surface area contributed by atoms with Gasteiger partial charge in [-0.15, -0.1) is 0 Å². The van der Waals surface area contributed by atoms with E-state index in [-0.39, 0.29) is 23.9 Å². The fraction of sp³-hybridized carbons (Fsp3) is 0.933. The summed E-state index contributed by atoms with van der Waals surface area (Å²) >= 11 is 0. The van der Waals surface area contributed by atoms with E-state index in [1.807, 2.05) is 0 Å². The molecule has 0 rings (SSSR count). The van der Waals surface area contributed by atoms with Crippen molar-refractivity contribution in [2.45, 2.75) is 324 Å². The van der Waals surface area contributed by atoms with Crippen LogP contribution in [-0.4, -0.2) is 50.3 Å². The lowest BCUT2D eigenvalue weighted by Crippen LogP contribution is -2.13. The largest absolute Gasteiger partial charge is 0.466 e. The van der Waals surface area contributed by atoms with E-state index in [0.29, 0.717) is 63.9 Å². The highest BCUT2D eigenvalue weighted by Gasteiger charge is 2.12. The van der Waals surface area contributed by atoms with Crippen LogP contribution in [0.1, 0.15) is 324 Å². The summed E-state index contributed by atoms with van der Waals surface area (Å²) in [4.78, 5) is 47.4. The molecule has 0 radical (unpaired) electrons. The minimum absolute atomic E-state index is 0.0360. The van der Waals surface area contributed by atoms with Gasteiger partial charge in [-0.05, 0) is 63.2 Å². The maximum Gasteiger partial charge on any atom is 0.305 e. The van der Waals surface area contributed by atoms with E-state index < -0.39 is 0 Å². The van der Waals surface area contributed by atoms with Crippen molar-refractivity contribution >= 4 is 23.9 Å². The van der Waals surface area contributed by atoms with Gasteiger partial charge in [0.15, 0.2) is 0 Å². The first kappa shape index (κ1) is 68.0. The molecule has 0 aromatic carbocycles. The fourth-order valence-electron chi connectivity index (χ4n) is 8.55. The monoisotopic (exact) mass is 965 g/mol. The fourth-order valence-corrected chi connectivity index (χ4v) is 8.55. The zero-order valence-corrected chi connectivity index (χ0v) is 46.4. The Bertz CT molecular complexity index is 980. The zero-order chi connectivity index (χ0) is 50.2. The predicted molar refractivity (Wildman–Crippen MR) is 288 cm³/mol. The van der Waals surface area contributed by atoms with Gasteiger partial charge in [-0.1, -0.05) is 247 Å². The number of carbonyl (C=O) groups is 4. The third-order valence-electron chi connectivity index (χ3n) is 13.6. The van der Waals surface area contributed by atoms with Crippen LogP contribution in [0.2, 0.25) is 0 Å². The zero-order valence-electron chi connectivity index (χ0n) is 46.4. The molecule has 2 atom stereocenters. The van der Waals surface area contributed by atoms with Crippen molar-refractivity contribution in [2.24, 2.45) is 11.8 Å². The average Bonchev–Trinajstić information content (AvgIpc) is 3.34. The number of unbranched alkanes of at least 4 members (excludes halogenated alkanes) is 30. The summed E-state index contributed by atoms with van der Waals surface area (Å²) < 4.78 is 21.6. The number of ether oxygens (including phenoxy) is 4. The first-order valence-corrected chi connectivity index (χ1v) is 29.9. The molecule has 0 aromatic heterocycles. The standard InChI is InChI=1S/C34H66O4.C26H50O4/c1-3-5-7-9-11-13-15-19-23-27-31-37-33(35)29-25-21-17-18-22-26-30-34(36)38-32-28-24-20-16-14-12-10-8-6-4-2;1-5-9-17-23(7-3)21-29-25(27)19-15-13-11-12-14-16-20-26(28)30-22-24(8-4)18-10-6-2/h3-32H2,1-2H3;23-24H,5-22H2,1-4H3. The van der Waals surface area contributed by atoms with Gasteiger partial charge in [-0.3, -0.25) is 19.2 Å². The van der Waals surface area contributed by atoms with Gasteiger partial charge in [0.1, 0.15) is 0 Å². The van der Waals surface area contributed by atoms with Crippen LogP contribution in [0, 0.1) is 11.8 Å². The molecule has 0 spiro atoms. The highest BCUT2D eigenvalue weighted by Crippen LogP contribution is 2.17. The Kier molecular flexibility index (Phi) is 57.4. The quantitative estimate of drug-likeness (QED) is 0.0337. The van der Waals surface area contributed by atoms with Crippen molar-refractivity contribution in [1.82, 2.24) is 0 Å². The van der Waals surface area contributed by atoms with E-state index in [2.05, 4.69) is 41.5 Å². The molecule has 0 N–H and O–H groups in total. The maximum absolute atomic E-state index is 11.9. The Labute approximate surface area is 422 Å². The molecule has 0 aliphatic rings. The molecule has 0 bridgehead atoms. The topological polar surface area (TPSA) is 105 Å². The molecule has 8 heteroatoms. The van der Waals surface area contributed by atoms with Gasteiger partial charge >= 0.3 is 23.9 Å². The SMILES string of the molecule is CCCCC(CC)COC(=O)CCCCCCCCC(=O)OCC(CC)CCCC.CCCCCCCCCCCCOC(=O)CCCCCCCCC(=O)OCCCCCCCCCCCC. The van der Waals surface area contributed by atoms with E-state index in [1.54, 1.807) is 0 Å². The Morgan fingerprint density at radius 2 is 0.485 bits per heavy atom. The molecule has 0 fully saturated rings. The average molecular weight is 966 g/mol. The molecule has 404 valence electrons. The molecule has 0 saturated carbocycles. The van der Waals surface area contributed by atoms with Crippen LogP contribution >= 0.6 is 0 Å². The van der Waals surface area contributed by atoms with Crippen molar-refractivity contribution in [3.8, 4) is 0 Å². The van der Waals surface area contributed by atoms with Crippen molar-refractivity contribution in [3.63, 3.8) is 0 Å². The van der Waals surface area contributed by atoms with Crippen molar-refractivity contribution < 1.29 is 38.1 Å². The molecule has 0 amide bonds. The summed E-state index contributed by atoms with van der Waals surface area (Å²) in [5.41, 5.74) is 0. The lowest BCUT2D eigenvalue weighted by atomic mass is 10.0. The number of hydrogen-bond acceptors (Lipinski definition) is 8. The molecule has 0 aliphatic carbocycles. The number of hydrogen-bond donors (Lipinski definition) is 0. The molecule has 2 unspecified atom stereocenters. The van der Waals surface area contributed by atoms with E-state index in [9.17, 15) is 19.2 Å². The summed E-state index contributed by atoms with van der Waals surface area (Å²) in [6, 6.07) is 0. The van der Waals surface area contributed by atoms with Crippen LogP contribution in [-0.2, 0) is 38.1 Å². The summed E-state index contributed by atoms with van der Waals surface area (Å²) in [6.45, 7) is 15.6. The number of esters is 4. The lowest BCUT2D eigenvalue weighted by Gasteiger charge is -2.14. The Morgan fingerprint density at radius 1 is 0.265 bits per heavy atom. The molecule has 0 aliphatic heterocycles.